The zero-order chi connectivity index (χ0) is 14.6. The number of nitrogen functional groups attached to an aromatic ring is 1. The molecule has 0 amide bonds. The smallest absolute Gasteiger partial charge is 0.148 e. The first-order valence-electron chi connectivity index (χ1n) is 6.10. The van der Waals surface area contributed by atoms with Gasteiger partial charge in [0, 0.05) is 28.7 Å². The average molecular weight is 311 g/mol. The number of hydrogen-bond donors (Lipinski definition) is 2. The molecule has 2 aromatic rings. The summed E-state index contributed by atoms with van der Waals surface area (Å²) in [6, 6.07) is 9.84. The molecule has 5 nitrogen and oxygen atoms in total. The van der Waals surface area contributed by atoms with Crippen LogP contribution in [0.15, 0.2) is 30.3 Å². The second kappa shape index (κ2) is 6.43. The summed E-state index contributed by atoms with van der Waals surface area (Å²) in [6.07, 6.45) is 1.25. The first-order chi connectivity index (χ1) is 9.49. The van der Waals surface area contributed by atoms with Crippen LogP contribution in [0.2, 0.25) is 0 Å². The molecule has 1 aromatic heterocycles. The molecule has 0 atom stereocenters. The fourth-order valence-electron chi connectivity index (χ4n) is 1.79. The van der Waals surface area contributed by atoms with Crippen molar-refractivity contribution in [1.29, 1.82) is 0 Å². The van der Waals surface area contributed by atoms with Crippen LogP contribution in [0, 0.1) is 0 Å². The summed E-state index contributed by atoms with van der Waals surface area (Å²) < 4.78 is 22.2. The summed E-state index contributed by atoms with van der Waals surface area (Å²) in [5, 5.41) is 1.05. The van der Waals surface area contributed by atoms with E-state index in [0.29, 0.717) is 17.3 Å². The molecule has 0 unspecified atom stereocenters. The van der Waals surface area contributed by atoms with Gasteiger partial charge in [-0.2, -0.15) is 11.8 Å². The third-order valence-corrected chi connectivity index (χ3v) is 5.01. The molecule has 0 saturated heterocycles. The van der Waals surface area contributed by atoms with Gasteiger partial charge in [0.1, 0.15) is 15.7 Å². The molecular weight excluding hydrogens is 294 g/mol. The van der Waals surface area contributed by atoms with Crippen molar-refractivity contribution in [2.24, 2.45) is 5.84 Å². The maximum Gasteiger partial charge on any atom is 0.148 e. The highest BCUT2D eigenvalue weighted by Crippen LogP contribution is 2.23. The maximum atomic E-state index is 11.1. The van der Waals surface area contributed by atoms with Gasteiger partial charge in [-0.15, -0.1) is 0 Å². The molecule has 7 heteroatoms. The van der Waals surface area contributed by atoms with Gasteiger partial charge < -0.3 is 5.43 Å². The van der Waals surface area contributed by atoms with E-state index in [1.807, 2.05) is 30.3 Å². The van der Waals surface area contributed by atoms with E-state index in [0.717, 1.165) is 16.5 Å². The summed E-state index contributed by atoms with van der Waals surface area (Å²) in [5.41, 5.74) is 4.46. The Morgan fingerprint density at radius 1 is 1.35 bits per heavy atom. The number of pyridine rings is 1. The number of fused-ring (bicyclic) bond motifs is 1. The third kappa shape index (κ3) is 4.09. The molecule has 0 fully saturated rings. The van der Waals surface area contributed by atoms with Crippen LogP contribution < -0.4 is 11.3 Å². The zero-order valence-corrected chi connectivity index (χ0v) is 12.8. The second-order valence-electron chi connectivity index (χ2n) is 4.52. The molecule has 0 spiro atoms. The summed E-state index contributed by atoms with van der Waals surface area (Å²) >= 11 is 1.56. The Hall–Kier alpha value is -1.31. The van der Waals surface area contributed by atoms with Crippen LogP contribution in [-0.4, -0.2) is 31.2 Å². The van der Waals surface area contributed by atoms with E-state index in [-0.39, 0.29) is 5.75 Å². The second-order valence-corrected chi connectivity index (χ2v) is 7.88. The first kappa shape index (κ1) is 15.1. The Morgan fingerprint density at radius 3 is 2.80 bits per heavy atom. The number of nitrogens with zero attached hydrogens (tertiary/aromatic N) is 1. The molecule has 3 N–H and O–H groups in total. The number of anilines is 1. The fraction of sp³-hybridized carbons (Fsp3) is 0.308. The SMILES string of the molecule is CS(=O)(=O)CCSCc1cc2ccccc2nc1NN. The van der Waals surface area contributed by atoms with Crippen LogP contribution in [-0.2, 0) is 15.6 Å². The largest absolute Gasteiger partial charge is 0.308 e. The van der Waals surface area contributed by atoms with E-state index < -0.39 is 9.84 Å². The zero-order valence-electron chi connectivity index (χ0n) is 11.2. The van der Waals surface area contributed by atoms with Crippen LogP contribution in [0.4, 0.5) is 5.82 Å². The molecule has 0 aliphatic rings. The number of benzene rings is 1. The standard InChI is InChI=1S/C13H17N3O2S2/c1-20(17,18)7-6-19-9-11-8-10-4-2-3-5-12(10)15-13(11)16-14/h2-5,8H,6-7,9,14H2,1H3,(H,15,16). The highest BCUT2D eigenvalue weighted by molar-refractivity contribution is 7.99. The van der Waals surface area contributed by atoms with Crippen molar-refractivity contribution in [2.45, 2.75) is 5.75 Å². The van der Waals surface area contributed by atoms with Crippen molar-refractivity contribution in [3.63, 3.8) is 0 Å². The van der Waals surface area contributed by atoms with Crippen LogP contribution in [0.25, 0.3) is 10.9 Å². The van der Waals surface area contributed by atoms with Gasteiger partial charge in [0.25, 0.3) is 0 Å². The number of para-hydroxylation sites is 1. The van der Waals surface area contributed by atoms with Gasteiger partial charge in [-0.05, 0) is 12.1 Å². The highest BCUT2D eigenvalue weighted by atomic mass is 32.2. The fourth-order valence-corrected chi connectivity index (χ4v) is 4.05. The van der Waals surface area contributed by atoms with Crippen molar-refractivity contribution < 1.29 is 8.42 Å². The Bertz CT molecular complexity index is 702. The van der Waals surface area contributed by atoms with Gasteiger partial charge in [-0.3, -0.25) is 0 Å². The lowest BCUT2D eigenvalue weighted by Crippen LogP contribution is -2.11. The van der Waals surface area contributed by atoms with E-state index in [2.05, 4.69) is 10.4 Å². The van der Waals surface area contributed by atoms with Gasteiger partial charge in [0.2, 0.25) is 0 Å². The lowest BCUT2D eigenvalue weighted by molar-refractivity contribution is 0.603. The van der Waals surface area contributed by atoms with Gasteiger partial charge in [-0.1, -0.05) is 18.2 Å². The van der Waals surface area contributed by atoms with Crippen molar-refractivity contribution in [3.05, 3.63) is 35.9 Å². The first-order valence-corrected chi connectivity index (χ1v) is 9.32. The normalized spacial score (nSPS) is 11.7. The molecule has 0 radical (unpaired) electrons. The van der Waals surface area contributed by atoms with Gasteiger partial charge in [-0.25, -0.2) is 19.2 Å². The lowest BCUT2D eigenvalue weighted by atomic mass is 10.1. The van der Waals surface area contributed by atoms with Gasteiger partial charge in [0.15, 0.2) is 0 Å². The van der Waals surface area contributed by atoms with E-state index in [4.69, 9.17) is 5.84 Å². The van der Waals surface area contributed by atoms with Crippen LogP contribution in [0.5, 0.6) is 0 Å². The van der Waals surface area contributed by atoms with Crippen molar-refractivity contribution in [3.8, 4) is 0 Å². The predicted octanol–water partition coefficient (Wildman–Crippen LogP) is 1.80. The molecule has 2 rings (SSSR count). The van der Waals surface area contributed by atoms with Crippen LogP contribution in [0.3, 0.4) is 0 Å². The van der Waals surface area contributed by atoms with E-state index in [1.165, 1.54) is 6.26 Å². The van der Waals surface area contributed by atoms with Crippen LogP contribution >= 0.6 is 11.8 Å². The predicted molar refractivity (Wildman–Crippen MR) is 85.4 cm³/mol. The summed E-state index contributed by atoms with van der Waals surface area (Å²) in [5.74, 6) is 7.56. The molecule has 0 aliphatic carbocycles. The van der Waals surface area contributed by atoms with Gasteiger partial charge >= 0.3 is 0 Å². The lowest BCUT2D eigenvalue weighted by Gasteiger charge is -2.09. The number of aromatic nitrogens is 1. The maximum absolute atomic E-state index is 11.1. The molecule has 1 heterocycles. The monoisotopic (exact) mass is 311 g/mol. The van der Waals surface area contributed by atoms with Crippen molar-refractivity contribution >= 4 is 38.3 Å². The van der Waals surface area contributed by atoms with Crippen LogP contribution in [0.1, 0.15) is 5.56 Å². The highest BCUT2D eigenvalue weighted by Gasteiger charge is 2.07. The van der Waals surface area contributed by atoms with E-state index in [9.17, 15) is 8.42 Å². The number of sulfone groups is 1. The quantitative estimate of drug-likeness (QED) is 0.481. The molecule has 108 valence electrons. The minimum Gasteiger partial charge on any atom is -0.308 e. The molecular formula is C13H17N3O2S2. The average Bonchev–Trinajstić information content (AvgIpc) is 2.41. The number of hydrogen-bond acceptors (Lipinski definition) is 6. The Kier molecular flexibility index (Phi) is 4.85. The molecule has 0 bridgehead atoms. The minimum absolute atomic E-state index is 0.185. The summed E-state index contributed by atoms with van der Waals surface area (Å²) in [4.78, 5) is 4.45. The van der Waals surface area contributed by atoms with E-state index in [1.54, 1.807) is 11.8 Å². The third-order valence-electron chi connectivity index (χ3n) is 2.80. The van der Waals surface area contributed by atoms with Crippen molar-refractivity contribution in [2.75, 3.05) is 23.2 Å². The summed E-state index contributed by atoms with van der Waals surface area (Å²) in [7, 11) is -2.91. The molecule has 0 aliphatic heterocycles. The van der Waals surface area contributed by atoms with Crippen molar-refractivity contribution in [1.82, 2.24) is 4.98 Å². The number of nitrogens with one attached hydrogen (secondary N) is 1. The summed E-state index contributed by atoms with van der Waals surface area (Å²) in [6.45, 7) is 0. The molecule has 0 saturated carbocycles. The topological polar surface area (TPSA) is 85.1 Å². The Morgan fingerprint density at radius 2 is 2.10 bits per heavy atom. The van der Waals surface area contributed by atoms with E-state index >= 15 is 0 Å². The Labute approximate surface area is 122 Å². The molecule has 1 aromatic carbocycles. The van der Waals surface area contributed by atoms with Gasteiger partial charge in [0.05, 0.1) is 11.3 Å². The number of nitrogens with two attached hydrogens (primary N) is 1. The number of rotatable bonds is 6. The Balaban J connectivity index is 2.12. The number of thioether (sulfide) groups is 1. The molecule has 20 heavy (non-hydrogen) atoms. The number of hydrazine groups is 1. The minimum atomic E-state index is -2.91.